The van der Waals surface area contributed by atoms with Crippen LogP contribution in [0.25, 0.3) is 0 Å². The lowest BCUT2D eigenvalue weighted by molar-refractivity contribution is -0.128. The highest BCUT2D eigenvalue weighted by Crippen LogP contribution is 2.27. The summed E-state index contributed by atoms with van der Waals surface area (Å²) in [7, 11) is 1.59. The van der Waals surface area contributed by atoms with Gasteiger partial charge in [0, 0.05) is 17.0 Å². The number of methoxy groups -OCH3 is 1. The van der Waals surface area contributed by atoms with Crippen LogP contribution < -0.4 is 14.8 Å². The molecule has 0 unspecified atom stereocenters. The fraction of sp³-hybridized carbons (Fsp3) is 0.588. The van der Waals surface area contributed by atoms with Crippen molar-refractivity contribution >= 4 is 17.7 Å². The third-order valence-corrected chi connectivity index (χ3v) is 4.21. The van der Waals surface area contributed by atoms with Crippen LogP contribution in [-0.2, 0) is 4.79 Å². The van der Waals surface area contributed by atoms with E-state index in [0.29, 0.717) is 24.5 Å². The average Bonchev–Trinajstić information content (AvgIpc) is 2.48. The van der Waals surface area contributed by atoms with Crippen LogP contribution in [0.4, 0.5) is 0 Å². The fourth-order valence-corrected chi connectivity index (χ4v) is 2.65. The molecule has 0 aliphatic carbocycles. The molecular weight excluding hydrogens is 298 g/mol. The van der Waals surface area contributed by atoms with Crippen molar-refractivity contribution in [3.05, 3.63) is 24.3 Å². The molecule has 1 rings (SSSR count). The first-order valence-corrected chi connectivity index (χ1v) is 8.57. The van der Waals surface area contributed by atoms with Gasteiger partial charge in [0.2, 0.25) is 0 Å². The molecule has 1 aromatic rings. The normalized spacial score (nSPS) is 12.6. The van der Waals surface area contributed by atoms with E-state index in [9.17, 15) is 4.79 Å². The van der Waals surface area contributed by atoms with Crippen molar-refractivity contribution in [3.63, 3.8) is 0 Å². The molecule has 0 aliphatic heterocycles. The highest BCUT2D eigenvalue weighted by atomic mass is 32.2. The Kier molecular flexibility index (Phi) is 7.59. The molecule has 0 saturated heterocycles. The second kappa shape index (κ2) is 8.93. The molecule has 0 aromatic heterocycles. The van der Waals surface area contributed by atoms with Crippen molar-refractivity contribution in [2.24, 2.45) is 0 Å². The van der Waals surface area contributed by atoms with E-state index >= 15 is 0 Å². The number of amides is 1. The molecule has 0 aliphatic rings. The Balaban J connectivity index is 2.51. The second-order valence-corrected chi connectivity index (χ2v) is 7.84. The Labute approximate surface area is 138 Å². The van der Waals surface area contributed by atoms with E-state index in [0.717, 1.165) is 5.75 Å². The standard InChI is InChI=1S/C17H27NO3S/c1-6-13(16(19)18-11-12-22-17(2,3)4)21-15-10-8-7-9-14(15)20-5/h7-10,13H,6,11-12H2,1-5H3,(H,18,19)/t13-/m1/s1. The van der Waals surface area contributed by atoms with Gasteiger partial charge in [-0.3, -0.25) is 4.79 Å². The lowest BCUT2D eigenvalue weighted by Crippen LogP contribution is -2.39. The van der Waals surface area contributed by atoms with E-state index in [4.69, 9.17) is 9.47 Å². The van der Waals surface area contributed by atoms with Crippen LogP contribution in [0.15, 0.2) is 24.3 Å². The van der Waals surface area contributed by atoms with Gasteiger partial charge in [-0.1, -0.05) is 39.8 Å². The Hall–Kier alpha value is -1.36. The summed E-state index contributed by atoms with van der Waals surface area (Å²) in [4.78, 5) is 12.2. The number of carbonyl (C=O) groups excluding carboxylic acids is 1. The lowest BCUT2D eigenvalue weighted by atomic mass is 10.2. The molecule has 1 amide bonds. The molecule has 0 bridgehead atoms. The summed E-state index contributed by atoms with van der Waals surface area (Å²) in [5, 5.41) is 2.94. The maximum absolute atomic E-state index is 12.2. The van der Waals surface area contributed by atoms with Gasteiger partial charge in [0.25, 0.3) is 5.91 Å². The third kappa shape index (κ3) is 6.60. The number of para-hydroxylation sites is 2. The van der Waals surface area contributed by atoms with Crippen molar-refractivity contribution in [2.45, 2.75) is 45.0 Å². The Bertz CT molecular complexity index is 471. The molecule has 22 heavy (non-hydrogen) atoms. The number of hydrogen-bond acceptors (Lipinski definition) is 4. The van der Waals surface area contributed by atoms with Crippen LogP contribution in [0.5, 0.6) is 11.5 Å². The topological polar surface area (TPSA) is 47.6 Å². The van der Waals surface area contributed by atoms with Gasteiger partial charge < -0.3 is 14.8 Å². The summed E-state index contributed by atoms with van der Waals surface area (Å²) in [6.07, 6.45) is 0.104. The summed E-state index contributed by atoms with van der Waals surface area (Å²) in [5.74, 6) is 2.04. The van der Waals surface area contributed by atoms with Gasteiger partial charge >= 0.3 is 0 Å². The predicted molar refractivity (Wildman–Crippen MR) is 92.9 cm³/mol. The summed E-state index contributed by atoms with van der Waals surface area (Å²) in [6.45, 7) is 9.08. The van der Waals surface area contributed by atoms with Crippen LogP contribution in [0, 0.1) is 0 Å². The molecule has 1 aromatic carbocycles. The third-order valence-electron chi connectivity index (χ3n) is 2.94. The summed E-state index contributed by atoms with van der Waals surface area (Å²) in [6, 6.07) is 7.36. The number of hydrogen-bond donors (Lipinski definition) is 1. The van der Waals surface area contributed by atoms with Crippen LogP contribution in [0.3, 0.4) is 0 Å². The SMILES string of the molecule is CC[C@@H](Oc1ccccc1OC)C(=O)NCCSC(C)(C)C. The van der Waals surface area contributed by atoms with Gasteiger partial charge in [-0.25, -0.2) is 0 Å². The van der Waals surface area contributed by atoms with Crippen molar-refractivity contribution in [3.8, 4) is 11.5 Å². The van der Waals surface area contributed by atoms with E-state index in [1.54, 1.807) is 7.11 Å². The van der Waals surface area contributed by atoms with Crippen molar-refractivity contribution in [1.29, 1.82) is 0 Å². The van der Waals surface area contributed by atoms with Crippen molar-refractivity contribution in [1.82, 2.24) is 5.32 Å². The van der Waals surface area contributed by atoms with E-state index < -0.39 is 6.10 Å². The van der Waals surface area contributed by atoms with Crippen molar-refractivity contribution in [2.75, 3.05) is 19.4 Å². The Morgan fingerprint density at radius 1 is 1.27 bits per heavy atom. The number of carbonyl (C=O) groups is 1. The molecule has 0 fully saturated rings. The van der Waals surface area contributed by atoms with E-state index in [1.807, 2.05) is 43.0 Å². The largest absolute Gasteiger partial charge is 0.493 e. The number of rotatable bonds is 8. The summed E-state index contributed by atoms with van der Waals surface area (Å²) >= 11 is 1.83. The Morgan fingerprint density at radius 2 is 1.91 bits per heavy atom. The van der Waals surface area contributed by atoms with Gasteiger partial charge in [0.05, 0.1) is 7.11 Å². The quantitative estimate of drug-likeness (QED) is 0.743. The maximum Gasteiger partial charge on any atom is 0.261 e. The minimum atomic E-state index is -0.504. The van der Waals surface area contributed by atoms with Gasteiger partial charge in [-0.2, -0.15) is 11.8 Å². The molecule has 0 radical (unpaired) electrons. The minimum Gasteiger partial charge on any atom is -0.493 e. The molecule has 5 heteroatoms. The molecule has 1 atom stereocenters. The average molecular weight is 325 g/mol. The molecule has 0 heterocycles. The highest BCUT2D eigenvalue weighted by molar-refractivity contribution is 8.00. The smallest absolute Gasteiger partial charge is 0.261 e. The monoisotopic (exact) mass is 325 g/mol. The molecule has 1 N–H and O–H groups in total. The number of benzene rings is 1. The van der Waals surface area contributed by atoms with Crippen LogP contribution in [0.2, 0.25) is 0 Å². The Morgan fingerprint density at radius 3 is 2.45 bits per heavy atom. The maximum atomic E-state index is 12.2. The van der Waals surface area contributed by atoms with Crippen LogP contribution in [0.1, 0.15) is 34.1 Å². The summed E-state index contributed by atoms with van der Waals surface area (Å²) in [5.41, 5.74) is 0. The lowest BCUT2D eigenvalue weighted by Gasteiger charge is -2.20. The van der Waals surface area contributed by atoms with Gasteiger partial charge in [0.15, 0.2) is 17.6 Å². The van der Waals surface area contributed by atoms with Crippen molar-refractivity contribution < 1.29 is 14.3 Å². The first kappa shape index (κ1) is 18.7. The molecule has 124 valence electrons. The van der Waals surface area contributed by atoms with Crippen LogP contribution in [-0.4, -0.2) is 36.2 Å². The fourth-order valence-electron chi connectivity index (χ4n) is 1.84. The van der Waals surface area contributed by atoms with E-state index in [2.05, 4.69) is 26.1 Å². The van der Waals surface area contributed by atoms with Gasteiger partial charge in [-0.15, -0.1) is 0 Å². The number of ether oxygens (including phenoxy) is 2. The zero-order chi connectivity index (χ0) is 16.6. The first-order chi connectivity index (χ1) is 10.4. The number of nitrogens with one attached hydrogen (secondary N) is 1. The summed E-state index contributed by atoms with van der Waals surface area (Å²) < 4.78 is 11.3. The van der Waals surface area contributed by atoms with Crippen LogP contribution >= 0.6 is 11.8 Å². The zero-order valence-electron chi connectivity index (χ0n) is 14.1. The highest BCUT2D eigenvalue weighted by Gasteiger charge is 2.19. The molecular formula is C17H27NO3S. The van der Waals surface area contributed by atoms with E-state index in [-0.39, 0.29) is 10.7 Å². The van der Waals surface area contributed by atoms with E-state index in [1.165, 1.54) is 0 Å². The molecule has 0 saturated carbocycles. The molecule has 4 nitrogen and oxygen atoms in total. The number of thioether (sulfide) groups is 1. The molecule has 0 spiro atoms. The van der Waals surface area contributed by atoms with Gasteiger partial charge in [-0.05, 0) is 18.6 Å². The minimum absolute atomic E-state index is 0.0806. The second-order valence-electron chi connectivity index (χ2n) is 5.92. The zero-order valence-corrected chi connectivity index (χ0v) is 15.0. The van der Waals surface area contributed by atoms with Gasteiger partial charge in [0.1, 0.15) is 0 Å². The first-order valence-electron chi connectivity index (χ1n) is 7.58. The predicted octanol–water partition coefficient (Wildman–Crippen LogP) is 3.50.